The molecule has 0 aromatic heterocycles. The highest BCUT2D eigenvalue weighted by molar-refractivity contribution is 7.32. The molecule has 0 rings (SSSR count). The number of rotatable bonds is 2. The minimum Gasteiger partial charge on any atom is -0.326 e. The summed E-state index contributed by atoms with van der Waals surface area (Å²) in [6.07, 6.45) is 0. The second-order valence-electron chi connectivity index (χ2n) is 0.577. The Labute approximate surface area is 35.9 Å². The SMILES string of the molecule is NCO[PH](=O)O. The van der Waals surface area contributed by atoms with Crippen LogP contribution in [0.5, 0.6) is 0 Å². The summed E-state index contributed by atoms with van der Waals surface area (Å²) < 4.78 is 13.4. The van der Waals surface area contributed by atoms with Gasteiger partial charge in [0.2, 0.25) is 0 Å². The first-order valence-electron chi connectivity index (χ1n) is 1.33. The second-order valence-corrected chi connectivity index (χ2v) is 1.40. The second kappa shape index (κ2) is 3.31. The van der Waals surface area contributed by atoms with E-state index in [0.29, 0.717) is 0 Å². The van der Waals surface area contributed by atoms with Gasteiger partial charge in [0.25, 0.3) is 0 Å². The van der Waals surface area contributed by atoms with E-state index in [0.717, 1.165) is 0 Å². The minimum absolute atomic E-state index is 0.186. The smallest absolute Gasteiger partial charge is 0.317 e. The highest BCUT2D eigenvalue weighted by Gasteiger charge is 1.81. The van der Waals surface area contributed by atoms with Gasteiger partial charge in [-0.1, -0.05) is 0 Å². The van der Waals surface area contributed by atoms with E-state index in [2.05, 4.69) is 10.3 Å². The Bertz CT molecular complexity index is 54.8. The molecule has 0 spiro atoms. The fourth-order valence-electron chi connectivity index (χ4n) is 0.0713. The van der Waals surface area contributed by atoms with Gasteiger partial charge < -0.3 is 10.6 Å². The maximum atomic E-state index is 9.48. The first kappa shape index (κ1) is 6.11. The molecule has 3 N–H and O–H groups in total. The van der Waals surface area contributed by atoms with Crippen LogP contribution in [-0.2, 0) is 9.09 Å². The average molecular weight is 111 g/mol. The zero-order valence-electron chi connectivity index (χ0n) is 3.05. The van der Waals surface area contributed by atoms with Crippen molar-refractivity contribution in [2.24, 2.45) is 5.73 Å². The molecule has 0 aliphatic heterocycles. The topological polar surface area (TPSA) is 72.5 Å². The Balaban J connectivity index is 2.83. The van der Waals surface area contributed by atoms with Gasteiger partial charge >= 0.3 is 8.25 Å². The van der Waals surface area contributed by atoms with Gasteiger partial charge in [-0.25, -0.2) is 0 Å². The largest absolute Gasteiger partial charge is 0.326 e. The standard InChI is InChI=1S/CH6NO3P/c2-1-5-6(3)4/h6H,1-2H2,(H,3,4). The van der Waals surface area contributed by atoms with Crippen molar-refractivity contribution in [3.8, 4) is 0 Å². The van der Waals surface area contributed by atoms with Crippen LogP contribution >= 0.6 is 8.25 Å². The van der Waals surface area contributed by atoms with Gasteiger partial charge in [-0.3, -0.25) is 9.09 Å². The van der Waals surface area contributed by atoms with Crippen LogP contribution in [0.15, 0.2) is 0 Å². The zero-order valence-corrected chi connectivity index (χ0v) is 4.05. The van der Waals surface area contributed by atoms with Crippen molar-refractivity contribution in [1.29, 1.82) is 0 Å². The minimum atomic E-state index is -2.76. The molecule has 1 atom stereocenters. The van der Waals surface area contributed by atoms with Gasteiger partial charge in [-0.15, -0.1) is 0 Å². The van der Waals surface area contributed by atoms with E-state index in [1.165, 1.54) is 0 Å². The normalized spacial score (nSPS) is 14.3. The van der Waals surface area contributed by atoms with Crippen LogP contribution in [0, 0.1) is 0 Å². The van der Waals surface area contributed by atoms with Gasteiger partial charge in [0.15, 0.2) is 0 Å². The lowest BCUT2D eigenvalue weighted by Crippen LogP contribution is -1.97. The Morgan fingerprint density at radius 2 is 2.50 bits per heavy atom. The molecule has 0 heterocycles. The quantitative estimate of drug-likeness (QED) is 0.365. The highest BCUT2D eigenvalue weighted by atomic mass is 31.1. The van der Waals surface area contributed by atoms with E-state index in [1.54, 1.807) is 0 Å². The van der Waals surface area contributed by atoms with E-state index in [1.807, 2.05) is 0 Å². The summed E-state index contributed by atoms with van der Waals surface area (Å²) >= 11 is 0. The van der Waals surface area contributed by atoms with Crippen LogP contribution in [0.4, 0.5) is 0 Å². The van der Waals surface area contributed by atoms with Crippen LogP contribution in [-0.4, -0.2) is 11.6 Å². The molecule has 0 amide bonds. The van der Waals surface area contributed by atoms with E-state index in [-0.39, 0.29) is 6.73 Å². The first-order chi connectivity index (χ1) is 2.77. The highest BCUT2D eigenvalue weighted by Crippen LogP contribution is 2.10. The summed E-state index contributed by atoms with van der Waals surface area (Å²) in [6, 6.07) is 0. The molecule has 0 aliphatic rings. The molecular weight excluding hydrogens is 105 g/mol. The van der Waals surface area contributed by atoms with E-state index >= 15 is 0 Å². The third-order valence-corrected chi connectivity index (χ3v) is 0.620. The Morgan fingerprint density at radius 1 is 2.00 bits per heavy atom. The zero-order chi connectivity index (χ0) is 4.99. The molecule has 0 saturated carbocycles. The molecule has 0 aliphatic carbocycles. The van der Waals surface area contributed by atoms with Gasteiger partial charge in [-0.05, 0) is 0 Å². The Kier molecular flexibility index (Phi) is 3.37. The Morgan fingerprint density at radius 3 is 2.50 bits per heavy atom. The van der Waals surface area contributed by atoms with Crippen molar-refractivity contribution in [3.63, 3.8) is 0 Å². The molecule has 0 fully saturated rings. The van der Waals surface area contributed by atoms with Crippen LogP contribution in [0.2, 0.25) is 0 Å². The van der Waals surface area contributed by atoms with Gasteiger partial charge in [0, 0.05) is 0 Å². The predicted octanol–water partition coefficient (Wildman–Crippen LogP) is -0.699. The predicted molar refractivity (Wildman–Crippen MR) is 21.4 cm³/mol. The van der Waals surface area contributed by atoms with Crippen LogP contribution in [0.3, 0.4) is 0 Å². The molecule has 5 heteroatoms. The molecular formula is CH6NO3P. The molecule has 0 aromatic rings. The van der Waals surface area contributed by atoms with Gasteiger partial charge in [-0.2, -0.15) is 0 Å². The Hall–Kier alpha value is 0.110. The number of hydrogen-bond acceptors (Lipinski definition) is 3. The molecule has 4 nitrogen and oxygen atoms in total. The maximum absolute atomic E-state index is 9.48. The summed E-state index contributed by atoms with van der Waals surface area (Å²) in [5.41, 5.74) is 4.67. The van der Waals surface area contributed by atoms with Crippen molar-refractivity contribution in [2.75, 3.05) is 6.73 Å². The molecule has 0 radical (unpaired) electrons. The van der Waals surface area contributed by atoms with E-state index in [9.17, 15) is 4.57 Å². The molecule has 1 unspecified atom stereocenters. The van der Waals surface area contributed by atoms with Crippen molar-refractivity contribution < 1.29 is 14.0 Å². The van der Waals surface area contributed by atoms with Crippen LogP contribution < -0.4 is 5.73 Å². The van der Waals surface area contributed by atoms with Gasteiger partial charge in [0.1, 0.15) is 6.73 Å². The molecule has 0 saturated heterocycles. The molecule has 0 bridgehead atoms. The maximum Gasteiger partial charge on any atom is 0.317 e. The van der Waals surface area contributed by atoms with Crippen molar-refractivity contribution in [3.05, 3.63) is 0 Å². The fraction of sp³-hybridized carbons (Fsp3) is 1.00. The summed E-state index contributed by atoms with van der Waals surface area (Å²) in [4.78, 5) is 7.80. The lowest BCUT2D eigenvalue weighted by Gasteiger charge is -1.87. The van der Waals surface area contributed by atoms with E-state index in [4.69, 9.17) is 4.89 Å². The van der Waals surface area contributed by atoms with Gasteiger partial charge in [0.05, 0.1) is 0 Å². The lowest BCUT2D eigenvalue weighted by molar-refractivity contribution is 0.290. The fourth-order valence-corrected chi connectivity index (χ4v) is 0.214. The van der Waals surface area contributed by atoms with Crippen molar-refractivity contribution >= 4 is 8.25 Å². The third kappa shape index (κ3) is 4.11. The molecule has 6 heavy (non-hydrogen) atoms. The average Bonchev–Trinajstić information content (AvgIpc) is 1.35. The summed E-state index contributed by atoms with van der Waals surface area (Å²) in [7, 11) is -2.76. The molecule has 0 aromatic carbocycles. The summed E-state index contributed by atoms with van der Waals surface area (Å²) in [5, 5.41) is 0. The number of nitrogens with two attached hydrogens (primary N) is 1. The van der Waals surface area contributed by atoms with Crippen molar-refractivity contribution in [1.82, 2.24) is 0 Å². The third-order valence-electron chi connectivity index (χ3n) is 0.207. The summed E-state index contributed by atoms with van der Waals surface area (Å²) in [5.74, 6) is 0. The van der Waals surface area contributed by atoms with E-state index < -0.39 is 8.25 Å². The first-order valence-corrected chi connectivity index (χ1v) is 2.59. The van der Waals surface area contributed by atoms with Crippen LogP contribution in [0.25, 0.3) is 0 Å². The summed E-state index contributed by atoms with van der Waals surface area (Å²) in [6.45, 7) is -0.186. The van der Waals surface area contributed by atoms with Crippen LogP contribution in [0.1, 0.15) is 0 Å². The number of hydrogen-bond donors (Lipinski definition) is 2. The molecule has 38 valence electrons. The lowest BCUT2D eigenvalue weighted by atomic mass is 11.4. The van der Waals surface area contributed by atoms with Crippen molar-refractivity contribution in [2.45, 2.75) is 0 Å². The monoisotopic (exact) mass is 111 g/mol.